The maximum Gasteiger partial charge on any atom is 0.229 e. The summed E-state index contributed by atoms with van der Waals surface area (Å²) in [5.41, 5.74) is 2.58. The average molecular weight is 339 g/mol. The fraction of sp³-hybridized carbons (Fsp3) is 0.0526. The van der Waals surface area contributed by atoms with Gasteiger partial charge in [0.1, 0.15) is 11.5 Å². The van der Waals surface area contributed by atoms with Crippen LogP contribution >= 0.6 is 0 Å². The molecule has 0 aromatic heterocycles. The number of para-hydroxylation sites is 1. The van der Waals surface area contributed by atoms with E-state index in [0.29, 0.717) is 5.69 Å². The molecule has 24 heavy (non-hydrogen) atoms. The Morgan fingerprint density at radius 3 is 1.75 bits per heavy atom. The second-order valence-electron chi connectivity index (χ2n) is 5.39. The number of rotatable bonds is 5. The molecule has 0 radical (unpaired) electrons. The summed E-state index contributed by atoms with van der Waals surface area (Å²) in [5.74, 6) is 1.56. The van der Waals surface area contributed by atoms with Crippen molar-refractivity contribution in [2.45, 2.75) is 0 Å². The van der Waals surface area contributed by atoms with Gasteiger partial charge in [-0.2, -0.15) is 0 Å². The minimum absolute atomic E-state index is 0.547. The Morgan fingerprint density at radius 1 is 0.708 bits per heavy atom. The summed E-state index contributed by atoms with van der Waals surface area (Å²) in [6.07, 6.45) is 1.13. The second kappa shape index (κ2) is 6.76. The minimum Gasteiger partial charge on any atom is -0.457 e. The minimum atomic E-state index is -3.26. The standard InChI is InChI=1S/C19H17NO3S/c1-24(21,22)20-17-11-7-15(8-12-17)16-9-13-19(14-10-16)23-18-5-3-2-4-6-18/h2-14,20H,1H3. The predicted octanol–water partition coefficient (Wildman–Crippen LogP) is 4.52. The van der Waals surface area contributed by atoms with Gasteiger partial charge in [-0.05, 0) is 47.5 Å². The van der Waals surface area contributed by atoms with Crippen molar-refractivity contribution in [1.82, 2.24) is 0 Å². The summed E-state index contributed by atoms with van der Waals surface area (Å²) in [5, 5.41) is 0. The van der Waals surface area contributed by atoms with E-state index >= 15 is 0 Å². The van der Waals surface area contributed by atoms with Gasteiger partial charge in [-0.1, -0.05) is 42.5 Å². The van der Waals surface area contributed by atoms with Crippen molar-refractivity contribution < 1.29 is 13.2 Å². The third-order valence-electron chi connectivity index (χ3n) is 3.35. The van der Waals surface area contributed by atoms with E-state index in [4.69, 9.17) is 4.74 Å². The number of nitrogens with one attached hydrogen (secondary N) is 1. The largest absolute Gasteiger partial charge is 0.457 e. The molecule has 0 aliphatic heterocycles. The molecule has 3 aromatic carbocycles. The number of hydrogen-bond acceptors (Lipinski definition) is 3. The van der Waals surface area contributed by atoms with Gasteiger partial charge in [0.05, 0.1) is 6.26 Å². The predicted molar refractivity (Wildman–Crippen MR) is 96.9 cm³/mol. The first-order chi connectivity index (χ1) is 11.5. The van der Waals surface area contributed by atoms with Gasteiger partial charge in [0.25, 0.3) is 0 Å². The molecule has 4 nitrogen and oxygen atoms in total. The molecule has 0 spiro atoms. The molecule has 0 saturated carbocycles. The fourth-order valence-electron chi connectivity index (χ4n) is 2.28. The van der Waals surface area contributed by atoms with Gasteiger partial charge >= 0.3 is 0 Å². The zero-order valence-corrected chi connectivity index (χ0v) is 14.0. The van der Waals surface area contributed by atoms with Gasteiger partial charge in [0.2, 0.25) is 10.0 Å². The van der Waals surface area contributed by atoms with Crippen LogP contribution < -0.4 is 9.46 Å². The molecule has 3 rings (SSSR count). The van der Waals surface area contributed by atoms with Crippen molar-refractivity contribution in [1.29, 1.82) is 0 Å². The lowest BCUT2D eigenvalue weighted by Gasteiger charge is -2.08. The smallest absolute Gasteiger partial charge is 0.229 e. The van der Waals surface area contributed by atoms with E-state index in [0.717, 1.165) is 28.9 Å². The molecule has 0 saturated heterocycles. The molecule has 122 valence electrons. The lowest BCUT2D eigenvalue weighted by atomic mass is 10.1. The van der Waals surface area contributed by atoms with Crippen LogP contribution in [0.5, 0.6) is 11.5 Å². The highest BCUT2D eigenvalue weighted by Gasteiger charge is 2.03. The zero-order valence-electron chi connectivity index (χ0n) is 13.1. The van der Waals surface area contributed by atoms with Crippen LogP contribution in [0.4, 0.5) is 5.69 Å². The quantitative estimate of drug-likeness (QED) is 0.744. The molecule has 0 bridgehead atoms. The lowest BCUT2D eigenvalue weighted by Crippen LogP contribution is -2.09. The summed E-state index contributed by atoms with van der Waals surface area (Å²) in [4.78, 5) is 0. The number of sulfonamides is 1. The van der Waals surface area contributed by atoms with Crippen LogP contribution in [0.1, 0.15) is 0 Å². The Hall–Kier alpha value is -2.79. The first kappa shape index (κ1) is 16.1. The average Bonchev–Trinajstić information content (AvgIpc) is 2.56. The summed E-state index contributed by atoms with van der Waals surface area (Å²) >= 11 is 0. The topological polar surface area (TPSA) is 55.4 Å². The van der Waals surface area contributed by atoms with Gasteiger partial charge in [0, 0.05) is 5.69 Å². The fourth-order valence-corrected chi connectivity index (χ4v) is 2.85. The van der Waals surface area contributed by atoms with Gasteiger partial charge in [-0.25, -0.2) is 8.42 Å². The van der Waals surface area contributed by atoms with Crippen LogP contribution in [-0.4, -0.2) is 14.7 Å². The molecule has 0 unspecified atom stereocenters. The number of hydrogen-bond donors (Lipinski definition) is 1. The van der Waals surface area contributed by atoms with E-state index in [1.807, 2.05) is 66.7 Å². The van der Waals surface area contributed by atoms with Crippen LogP contribution in [0, 0.1) is 0 Å². The van der Waals surface area contributed by atoms with Crippen LogP contribution in [0.3, 0.4) is 0 Å². The van der Waals surface area contributed by atoms with Crippen molar-refractivity contribution >= 4 is 15.7 Å². The summed E-state index contributed by atoms with van der Waals surface area (Å²) in [7, 11) is -3.26. The number of ether oxygens (including phenoxy) is 1. The Kier molecular flexibility index (Phi) is 4.53. The summed E-state index contributed by atoms with van der Waals surface area (Å²) < 4.78 is 30.7. The Balaban J connectivity index is 1.73. The molecule has 3 aromatic rings. The van der Waals surface area contributed by atoms with Crippen LogP contribution in [0.2, 0.25) is 0 Å². The molecule has 5 heteroatoms. The third kappa shape index (κ3) is 4.36. The highest BCUT2D eigenvalue weighted by atomic mass is 32.2. The first-order valence-electron chi connectivity index (χ1n) is 7.41. The van der Waals surface area contributed by atoms with E-state index in [2.05, 4.69) is 4.72 Å². The van der Waals surface area contributed by atoms with Crippen molar-refractivity contribution in [3.8, 4) is 22.6 Å². The van der Waals surface area contributed by atoms with Crippen molar-refractivity contribution in [3.05, 3.63) is 78.9 Å². The molecule has 0 amide bonds. The maximum absolute atomic E-state index is 11.2. The zero-order chi connectivity index (χ0) is 17.0. The van der Waals surface area contributed by atoms with E-state index in [1.54, 1.807) is 12.1 Å². The van der Waals surface area contributed by atoms with Crippen molar-refractivity contribution in [3.63, 3.8) is 0 Å². The highest BCUT2D eigenvalue weighted by Crippen LogP contribution is 2.26. The van der Waals surface area contributed by atoms with Crippen LogP contribution in [-0.2, 0) is 10.0 Å². The van der Waals surface area contributed by atoms with Crippen molar-refractivity contribution in [2.24, 2.45) is 0 Å². The third-order valence-corrected chi connectivity index (χ3v) is 3.96. The van der Waals surface area contributed by atoms with E-state index in [9.17, 15) is 8.42 Å². The Labute approximate surface area is 141 Å². The van der Waals surface area contributed by atoms with E-state index in [-0.39, 0.29) is 0 Å². The van der Waals surface area contributed by atoms with E-state index < -0.39 is 10.0 Å². The Bertz CT molecular complexity index is 903. The monoisotopic (exact) mass is 339 g/mol. The van der Waals surface area contributed by atoms with Crippen LogP contribution in [0.25, 0.3) is 11.1 Å². The number of benzene rings is 3. The SMILES string of the molecule is CS(=O)(=O)Nc1ccc(-c2ccc(Oc3ccccc3)cc2)cc1. The summed E-state index contributed by atoms with van der Waals surface area (Å²) in [6, 6.07) is 24.6. The molecule has 1 N–H and O–H groups in total. The van der Waals surface area contributed by atoms with Gasteiger partial charge in [0.15, 0.2) is 0 Å². The van der Waals surface area contributed by atoms with E-state index in [1.165, 1.54) is 0 Å². The molecule has 0 atom stereocenters. The molecular weight excluding hydrogens is 322 g/mol. The second-order valence-corrected chi connectivity index (χ2v) is 7.14. The summed E-state index contributed by atoms with van der Waals surface area (Å²) in [6.45, 7) is 0. The van der Waals surface area contributed by atoms with Gasteiger partial charge in [-0.15, -0.1) is 0 Å². The highest BCUT2D eigenvalue weighted by molar-refractivity contribution is 7.92. The first-order valence-corrected chi connectivity index (χ1v) is 9.30. The lowest BCUT2D eigenvalue weighted by molar-refractivity contribution is 0.483. The van der Waals surface area contributed by atoms with Crippen LogP contribution in [0.15, 0.2) is 78.9 Å². The van der Waals surface area contributed by atoms with Gasteiger partial charge in [-0.3, -0.25) is 4.72 Å². The molecule has 0 aliphatic rings. The maximum atomic E-state index is 11.2. The van der Waals surface area contributed by atoms with Gasteiger partial charge < -0.3 is 4.74 Å². The molecule has 0 fully saturated rings. The molecule has 0 heterocycles. The Morgan fingerprint density at radius 2 is 1.21 bits per heavy atom. The van der Waals surface area contributed by atoms with Crippen molar-refractivity contribution in [2.75, 3.05) is 11.0 Å². The molecule has 0 aliphatic carbocycles. The number of anilines is 1. The molecular formula is C19H17NO3S. The normalized spacial score (nSPS) is 11.0.